The van der Waals surface area contributed by atoms with Crippen molar-refractivity contribution in [2.75, 3.05) is 13.2 Å². The van der Waals surface area contributed by atoms with Crippen molar-refractivity contribution in [1.29, 1.82) is 0 Å². The molecule has 5 heteroatoms. The Hall–Kier alpha value is -1.62. The quantitative estimate of drug-likeness (QED) is 0.720. The summed E-state index contributed by atoms with van der Waals surface area (Å²) in [5, 5.41) is 13.9. The van der Waals surface area contributed by atoms with Crippen molar-refractivity contribution >= 4 is 6.03 Å². The van der Waals surface area contributed by atoms with Crippen LogP contribution < -0.4 is 10.6 Å². The van der Waals surface area contributed by atoms with E-state index in [1.54, 1.807) is 25.1 Å². The number of hydrogen-bond acceptors (Lipinski definition) is 2. The number of aliphatic hydroxyl groups excluding tert-OH is 1. The third-order valence-corrected chi connectivity index (χ3v) is 2.29. The molecule has 1 aromatic rings. The van der Waals surface area contributed by atoms with Crippen molar-refractivity contribution in [1.82, 2.24) is 10.6 Å². The Morgan fingerprint density at radius 3 is 2.82 bits per heavy atom. The van der Waals surface area contributed by atoms with Gasteiger partial charge in [-0.25, -0.2) is 9.18 Å². The fourth-order valence-electron chi connectivity index (χ4n) is 1.33. The molecule has 0 saturated carbocycles. The maximum absolute atomic E-state index is 13.2. The van der Waals surface area contributed by atoms with E-state index in [9.17, 15) is 9.18 Å². The maximum atomic E-state index is 13.2. The van der Waals surface area contributed by atoms with Crippen LogP contribution in [0.15, 0.2) is 24.3 Å². The first kappa shape index (κ1) is 13.4. The van der Waals surface area contributed by atoms with Gasteiger partial charge < -0.3 is 15.7 Å². The summed E-state index contributed by atoms with van der Waals surface area (Å²) in [5.74, 6) is -0.265. The largest absolute Gasteiger partial charge is 0.394 e. The normalized spacial score (nSPS) is 11.9. The maximum Gasteiger partial charge on any atom is 0.315 e. The Balaban J connectivity index is 2.29. The van der Waals surface area contributed by atoms with E-state index >= 15 is 0 Å². The molecule has 1 rings (SSSR count). The summed E-state index contributed by atoms with van der Waals surface area (Å²) in [5.41, 5.74) is 0.572. The standard InChI is InChI=1S/C12H17FN2O2/c1-9(8-16)15-12(17)14-7-6-10-4-2-3-5-11(10)13/h2-5,9,16H,6-8H2,1H3,(H2,14,15,17). The van der Waals surface area contributed by atoms with E-state index < -0.39 is 0 Å². The van der Waals surface area contributed by atoms with Gasteiger partial charge in [-0.2, -0.15) is 0 Å². The Labute approximate surface area is 99.8 Å². The average Bonchev–Trinajstić information content (AvgIpc) is 2.31. The molecule has 0 aliphatic heterocycles. The summed E-state index contributed by atoms with van der Waals surface area (Å²) >= 11 is 0. The molecule has 1 unspecified atom stereocenters. The van der Waals surface area contributed by atoms with Crippen LogP contribution in [0, 0.1) is 5.82 Å². The van der Waals surface area contributed by atoms with Gasteiger partial charge in [0.1, 0.15) is 5.82 Å². The van der Waals surface area contributed by atoms with Gasteiger partial charge in [-0.3, -0.25) is 0 Å². The predicted octanol–water partition coefficient (Wildman–Crippen LogP) is 1.05. The first-order valence-corrected chi connectivity index (χ1v) is 5.52. The van der Waals surface area contributed by atoms with Crippen LogP contribution in [-0.4, -0.2) is 30.3 Å². The molecular formula is C12H17FN2O2. The van der Waals surface area contributed by atoms with Gasteiger partial charge in [0.2, 0.25) is 0 Å². The summed E-state index contributed by atoms with van der Waals surface area (Å²) in [6.45, 7) is 1.93. The van der Waals surface area contributed by atoms with E-state index in [1.165, 1.54) is 6.07 Å². The van der Waals surface area contributed by atoms with Crippen LogP contribution >= 0.6 is 0 Å². The Morgan fingerprint density at radius 1 is 1.47 bits per heavy atom. The molecule has 0 saturated heterocycles. The molecule has 94 valence electrons. The highest BCUT2D eigenvalue weighted by atomic mass is 19.1. The smallest absolute Gasteiger partial charge is 0.315 e. The molecular weight excluding hydrogens is 223 g/mol. The molecule has 0 heterocycles. The zero-order chi connectivity index (χ0) is 12.7. The van der Waals surface area contributed by atoms with Crippen LogP contribution in [0.3, 0.4) is 0 Å². The second kappa shape index (κ2) is 6.85. The van der Waals surface area contributed by atoms with E-state index in [2.05, 4.69) is 10.6 Å². The van der Waals surface area contributed by atoms with Gasteiger partial charge >= 0.3 is 6.03 Å². The molecule has 2 amide bonds. The molecule has 0 radical (unpaired) electrons. The van der Waals surface area contributed by atoms with E-state index in [4.69, 9.17) is 5.11 Å². The number of carbonyl (C=O) groups is 1. The van der Waals surface area contributed by atoms with Gasteiger partial charge in [-0.15, -0.1) is 0 Å². The van der Waals surface area contributed by atoms with Crippen molar-refractivity contribution in [2.45, 2.75) is 19.4 Å². The van der Waals surface area contributed by atoms with Gasteiger partial charge in [0.25, 0.3) is 0 Å². The lowest BCUT2D eigenvalue weighted by Gasteiger charge is -2.12. The minimum atomic E-state index is -0.358. The van der Waals surface area contributed by atoms with Crippen molar-refractivity contribution in [3.8, 4) is 0 Å². The molecule has 0 aliphatic carbocycles. The Morgan fingerprint density at radius 2 is 2.18 bits per heavy atom. The summed E-state index contributed by atoms with van der Waals surface area (Å²) in [6.07, 6.45) is 0.438. The molecule has 0 fully saturated rings. The SMILES string of the molecule is CC(CO)NC(=O)NCCc1ccccc1F. The zero-order valence-corrected chi connectivity index (χ0v) is 9.74. The minimum Gasteiger partial charge on any atom is -0.394 e. The molecule has 3 N–H and O–H groups in total. The number of nitrogens with one attached hydrogen (secondary N) is 2. The molecule has 0 aromatic heterocycles. The second-order valence-electron chi connectivity index (χ2n) is 3.83. The number of rotatable bonds is 5. The number of aliphatic hydroxyl groups is 1. The number of amides is 2. The van der Waals surface area contributed by atoms with Crippen LogP contribution in [0.1, 0.15) is 12.5 Å². The number of halogens is 1. The predicted molar refractivity (Wildman–Crippen MR) is 63.2 cm³/mol. The fourth-order valence-corrected chi connectivity index (χ4v) is 1.33. The van der Waals surface area contributed by atoms with E-state index in [1.807, 2.05) is 0 Å². The number of carbonyl (C=O) groups excluding carboxylic acids is 1. The third kappa shape index (κ3) is 4.82. The van der Waals surface area contributed by atoms with Gasteiger partial charge in [-0.1, -0.05) is 18.2 Å². The van der Waals surface area contributed by atoms with Gasteiger partial charge in [-0.05, 0) is 25.0 Å². The summed E-state index contributed by atoms with van der Waals surface area (Å²) in [6, 6.07) is 5.81. The highest BCUT2D eigenvalue weighted by Gasteiger charge is 2.05. The van der Waals surface area contributed by atoms with Crippen molar-refractivity contribution < 1.29 is 14.3 Å². The van der Waals surface area contributed by atoms with Gasteiger partial charge in [0.05, 0.1) is 12.6 Å². The minimum absolute atomic E-state index is 0.110. The van der Waals surface area contributed by atoms with Crippen molar-refractivity contribution in [2.24, 2.45) is 0 Å². The first-order valence-electron chi connectivity index (χ1n) is 5.52. The number of benzene rings is 1. The second-order valence-corrected chi connectivity index (χ2v) is 3.83. The number of urea groups is 1. The van der Waals surface area contributed by atoms with Crippen LogP contribution in [0.5, 0.6) is 0 Å². The van der Waals surface area contributed by atoms with E-state index in [0.29, 0.717) is 18.5 Å². The molecule has 0 bridgehead atoms. The van der Waals surface area contributed by atoms with Crippen LogP contribution in [0.2, 0.25) is 0 Å². The van der Waals surface area contributed by atoms with E-state index in [0.717, 1.165) is 0 Å². The van der Waals surface area contributed by atoms with Crippen LogP contribution in [0.4, 0.5) is 9.18 Å². The summed E-state index contributed by atoms with van der Waals surface area (Å²) in [4.78, 5) is 11.3. The van der Waals surface area contributed by atoms with Crippen LogP contribution in [-0.2, 0) is 6.42 Å². The molecule has 17 heavy (non-hydrogen) atoms. The molecule has 0 spiro atoms. The Kier molecular flexibility index (Phi) is 5.42. The van der Waals surface area contributed by atoms with Gasteiger partial charge in [0.15, 0.2) is 0 Å². The Bertz CT molecular complexity index is 371. The molecule has 1 aromatic carbocycles. The van der Waals surface area contributed by atoms with E-state index in [-0.39, 0.29) is 24.5 Å². The third-order valence-electron chi connectivity index (χ3n) is 2.29. The summed E-state index contributed by atoms with van der Waals surface area (Å²) in [7, 11) is 0. The molecule has 0 aliphatic rings. The molecule has 4 nitrogen and oxygen atoms in total. The molecule has 1 atom stereocenters. The zero-order valence-electron chi connectivity index (χ0n) is 9.74. The lowest BCUT2D eigenvalue weighted by molar-refractivity contribution is 0.220. The lowest BCUT2D eigenvalue weighted by Crippen LogP contribution is -2.42. The van der Waals surface area contributed by atoms with Crippen molar-refractivity contribution in [3.05, 3.63) is 35.6 Å². The van der Waals surface area contributed by atoms with Gasteiger partial charge in [0, 0.05) is 6.54 Å². The topological polar surface area (TPSA) is 61.4 Å². The monoisotopic (exact) mass is 240 g/mol. The first-order chi connectivity index (χ1) is 8.13. The average molecular weight is 240 g/mol. The van der Waals surface area contributed by atoms with Crippen molar-refractivity contribution in [3.63, 3.8) is 0 Å². The summed E-state index contributed by atoms with van der Waals surface area (Å²) < 4.78 is 13.2. The fraction of sp³-hybridized carbons (Fsp3) is 0.417. The highest BCUT2D eigenvalue weighted by molar-refractivity contribution is 5.74. The lowest BCUT2D eigenvalue weighted by atomic mass is 10.1. The highest BCUT2D eigenvalue weighted by Crippen LogP contribution is 2.05. The van der Waals surface area contributed by atoms with Crippen LogP contribution in [0.25, 0.3) is 0 Å². The number of hydrogen-bond donors (Lipinski definition) is 3.